The minimum absolute atomic E-state index is 0.0825. The summed E-state index contributed by atoms with van der Waals surface area (Å²) in [4.78, 5) is 20.0. The van der Waals surface area contributed by atoms with E-state index in [9.17, 15) is 4.79 Å². The summed E-state index contributed by atoms with van der Waals surface area (Å²) >= 11 is 0. The van der Waals surface area contributed by atoms with Crippen LogP contribution in [0.5, 0.6) is 0 Å². The summed E-state index contributed by atoms with van der Waals surface area (Å²) in [6.07, 6.45) is 3.52. The molecule has 2 aliphatic heterocycles. The average molecular weight is 392 g/mol. The Morgan fingerprint density at radius 1 is 1.00 bits per heavy atom. The number of hydrogen-bond donors (Lipinski definition) is 0. The summed E-state index contributed by atoms with van der Waals surface area (Å²) in [5.74, 6) is 0.138. The van der Waals surface area contributed by atoms with Gasteiger partial charge in [-0.25, -0.2) is 5.06 Å². The minimum atomic E-state index is -0.0825. The molecule has 1 aromatic heterocycles. The second-order valence-corrected chi connectivity index (χ2v) is 8.48. The number of benzene rings is 2. The first-order valence-corrected chi connectivity index (χ1v) is 10.7. The van der Waals surface area contributed by atoms with Crippen LogP contribution in [0.15, 0.2) is 42.5 Å². The third-order valence-electron chi connectivity index (χ3n) is 6.99. The zero-order valence-corrected chi connectivity index (χ0v) is 17.4. The number of fused-ring (bicyclic) bond motifs is 3. The Bertz CT molecular complexity index is 1060. The lowest BCUT2D eigenvalue weighted by molar-refractivity contribution is -0.202. The van der Waals surface area contributed by atoms with Crippen molar-refractivity contribution >= 4 is 27.7 Å². The van der Waals surface area contributed by atoms with E-state index in [1.807, 2.05) is 0 Å². The van der Waals surface area contributed by atoms with Gasteiger partial charge in [-0.1, -0.05) is 24.3 Å². The summed E-state index contributed by atoms with van der Waals surface area (Å²) in [7, 11) is 1.62. The van der Waals surface area contributed by atoms with Crippen LogP contribution in [0, 0.1) is 0 Å². The van der Waals surface area contributed by atoms with Gasteiger partial charge in [-0.2, -0.15) is 0 Å². The fourth-order valence-corrected chi connectivity index (χ4v) is 5.48. The molecule has 1 amide bonds. The topological polar surface area (TPSA) is 37.7 Å². The van der Waals surface area contributed by atoms with E-state index in [1.165, 1.54) is 27.4 Å². The second-order valence-electron chi connectivity index (χ2n) is 8.48. The van der Waals surface area contributed by atoms with E-state index >= 15 is 0 Å². The van der Waals surface area contributed by atoms with Crippen LogP contribution in [0.25, 0.3) is 21.8 Å². The molecule has 0 atom stereocenters. The number of piperidine rings is 1. The Labute approximate surface area is 171 Å². The van der Waals surface area contributed by atoms with Crippen molar-refractivity contribution in [2.75, 3.05) is 20.2 Å². The van der Waals surface area contributed by atoms with Gasteiger partial charge in [0.15, 0.2) is 0 Å². The first-order valence-electron chi connectivity index (χ1n) is 10.7. The number of aromatic nitrogens is 1. The second kappa shape index (κ2) is 7.15. The largest absolute Gasteiger partial charge is 0.341 e. The standard InChI is InChI=1S/C24H29N3O2/c1-3-26-21-7-5-4-6-19(21)20-16-18(8-9-22(20)26)17-25-14-12-24(13-15-25)11-10-23(28)27(24)29-2/h4-9,16H,3,10-15,17H2,1-2H3. The Morgan fingerprint density at radius 3 is 2.52 bits per heavy atom. The van der Waals surface area contributed by atoms with Gasteiger partial charge < -0.3 is 4.57 Å². The first kappa shape index (κ1) is 18.6. The van der Waals surface area contributed by atoms with Crippen molar-refractivity contribution < 1.29 is 9.63 Å². The number of carbonyl (C=O) groups is 1. The van der Waals surface area contributed by atoms with E-state index in [-0.39, 0.29) is 11.4 Å². The Morgan fingerprint density at radius 2 is 1.76 bits per heavy atom. The third-order valence-corrected chi connectivity index (χ3v) is 6.99. The van der Waals surface area contributed by atoms with Crippen molar-refractivity contribution in [1.29, 1.82) is 0 Å². The SMILES string of the molecule is CCn1c2ccccc2c2cc(CN3CCC4(CCC(=O)N4OC)CC3)ccc21. The minimum Gasteiger partial charge on any atom is -0.341 e. The number of hydroxylamine groups is 2. The van der Waals surface area contributed by atoms with Crippen LogP contribution < -0.4 is 0 Å². The maximum absolute atomic E-state index is 12.1. The molecule has 5 heteroatoms. The summed E-state index contributed by atoms with van der Waals surface area (Å²) in [6.45, 7) is 6.15. The maximum atomic E-state index is 12.1. The van der Waals surface area contributed by atoms with Crippen molar-refractivity contribution in [2.45, 2.75) is 51.2 Å². The number of amides is 1. The predicted molar refractivity (Wildman–Crippen MR) is 115 cm³/mol. The summed E-state index contributed by atoms with van der Waals surface area (Å²) in [5, 5.41) is 4.35. The van der Waals surface area contributed by atoms with Crippen molar-refractivity contribution in [3.63, 3.8) is 0 Å². The number of hydrogen-bond acceptors (Lipinski definition) is 3. The molecule has 1 spiro atoms. The summed E-state index contributed by atoms with van der Waals surface area (Å²) < 4.78 is 2.40. The van der Waals surface area contributed by atoms with E-state index in [4.69, 9.17) is 4.84 Å². The fraction of sp³-hybridized carbons (Fsp3) is 0.458. The zero-order valence-electron chi connectivity index (χ0n) is 17.4. The third kappa shape index (κ3) is 2.95. The molecule has 2 saturated heterocycles. The molecule has 0 N–H and O–H groups in total. The molecule has 0 radical (unpaired) electrons. The highest BCUT2D eigenvalue weighted by Crippen LogP contribution is 2.39. The van der Waals surface area contributed by atoms with Crippen LogP contribution in [-0.2, 0) is 22.7 Å². The molecular formula is C24H29N3O2. The van der Waals surface area contributed by atoms with Gasteiger partial charge in [0, 0.05) is 54.4 Å². The lowest BCUT2D eigenvalue weighted by Gasteiger charge is -2.43. The van der Waals surface area contributed by atoms with Crippen molar-refractivity contribution in [2.24, 2.45) is 0 Å². The molecule has 29 heavy (non-hydrogen) atoms. The zero-order chi connectivity index (χ0) is 20.0. The summed E-state index contributed by atoms with van der Waals surface area (Å²) in [6, 6.07) is 15.6. The average Bonchev–Trinajstić information content (AvgIpc) is 3.24. The van der Waals surface area contributed by atoms with Crippen LogP contribution in [0.4, 0.5) is 0 Å². The number of carbonyl (C=O) groups excluding carboxylic acids is 1. The lowest BCUT2D eigenvalue weighted by Crippen LogP contribution is -2.52. The molecule has 2 aromatic carbocycles. The van der Waals surface area contributed by atoms with Gasteiger partial charge in [0.1, 0.15) is 0 Å². The van der Waals surface area contributed by atoms with Crippen LogP contribution in [0.3, 0.4) is 0 Å². The summed E-state index contributed by atoms with van der Waals surface area (Å²) in [5.41, 5.74) is 3.90. The lowest BCUT2D eigenvalue weighted by atomic mass is 9.86. The molecule has 2 fully saturated rings. The molecule has 0 unspecified atom stereocenters. The van der Waals surface area contributed by atoms with Crippen molar-refractivity contribution in [3.05, 3.63) is 48.0 Å². The fourth-order valence-electron chi connectivity index (χ4n) is 5.48. The van der Waals surface area contributed by atoms with E-state index in [2.05, 4.69) is 58.9 Å². The van der Waals surface area contributed by atoms with Crippen molar-refractivity contribution in [3.8, 4) is 0 Å². The number of rotatable bonds is 4. The van der Waals surface area contributed by atoms with E-state index < -0.39 is 0 Å². The van der Waals surface area contributed by atoms with Gasteiger partial charge in [0.05, 0.1) is 12.6 Å². The molecule has 3 aromatic rings. The van der Waals surface area contributed by atoms with Gasteiger partial charge in [-0.05, 0) is 49.9 Å². The van der Waals surface area contributed by atoms with Crippen LogP contribution >= 0.6 is 0 Å². The molecular weight excluding hydrogens is 362 g/mol. The van der Waals surface area contributed by atoms with Gasteiger partial charge in [0.25, 0.3) is 0 Å². The van der Waals surface area contributed by atoms with E-state index in [0.717, 1.165) is 45.4 Å². The first-order chi connectivity index (χ1) is 14.1. The Balaban J connectivity index is 1.37. The highest BCUT2D eigenvalue weighted by atomic mass is 16.7. The van der Waals surface area contributed by atoms with Crippen LogP contribution in [0.1, 0.15) is 38.2 Å². The van der Waals surface area contributed by atoms with Gasteiger partial charge in [0.2, 0.25) is 5.91 Å². The molecule has 5 rings (SSSR count). The molecule has 0 saturated carbocycles. The smallest absolute Gasteiger partial charge is 0.246 e. The van der Waals surface area contributed by atoms with Crippen molar-refractivity contribution in [1.82, 2.24) is 14.5 Å². The number of aryl methyl sites for hydroxylation is 1. The highest BCUT2D eigenvalue weighted by molar-refractivity contribution is 6.08. The normalized spacial score (nSPS) is 19.8. The van der Waals surface area contributed by atoms with Gasteiger partial charge >= 0.3 is 0 Å². The number of nitrogens with zero attached hydrogens (tertiary/aromatic N) is 3. The molecule has 152 valence electrons. The number of para-hydroxylation sites is 1. The van der Waals surface area contributed by atoms with Gasteiger partial charge in [-0.15, -0.1) is 0 Å². The Hall–Kier alpha value is -2.37. The van der Waals surface area contributed by atoms with E-state index in [0.29, 0.717) is 6.42 Å². The predicted octanol–water partition coefficient (Wildman–Crippen LogP) is 4.33. The van der Waals surface area contributed by atoms with Gasteiger partial charge in [-0.3, -0.25) is 14.5 Å². The number of likely N-dealkylation sites (tertiary alicyclic amines) is 1. The van der Waals surface area contributed by atoms with Crippen LogP contribution in [-0.4, -0.2) is 46.2 Å². The molecule has 2 aliphatic rings. The van der Waals surface area contributed by atoms with E-state index in [1.54, 1.807) is 12.2 Å². The molecule has 5 nitrogen and oxygen atoms in total. The van der Waals surface area contributed by atoms with Crippen LogP contribution in [0.2, 0.25) is 0 Å². The molecule has 0 bridgehead atoms. The Kier molecular flexibility index (Phi) is 4.60. The maximum Gasteiger partial charge on any atom is 0.246 e. The monoisotopic (exact) mass is 391 g/mol. The quantitative estimate of drug-likeness (QED) is 0.664. The molecule has 0 aliphatic carbocycles. The molecule has 3 heterocycles. The highest BCUT2D eigenvalue weighted by Gasteiger charge is 2.47.